The SMILES string of the molecule is CON(C)CC(O)Cn1cc(NC(=O)Nc2ccc(C#N)cc2)cn1. The number of nitriles is 1. The van der Waals surface area contributed by atoms with Crippen molar-refractivity contribution in [2.75, 3.05) is 31.3 Å². The predicted octanol–water partition coefficient (Wildman–Crippen LogP) is 1.25. The Morgan fingerprint density at radius 2 is 2.08 bits per heavy atom. The number of amides is 2. The summed E-state index contributed by atoms with van der Waals surface area (Å²) < 4.78 is 1.53. The van der Waals surface area contributed by atoms with E-state index in [0.29, 0.717) is 23.5 Å². The second-order valence-corrected chi connectivity index (χ2v) is 5.37. The van der Waals surface area contributed by atoms with Gasteiger partial charge in [-0.2, -0.15) is 15.4 Å². The highest BCUT2D eigenvalue weighted by Gasteiger charge is 2.11. The van der Waals surface area contributed by atoms with Crippen molar-refractivity contribution in [1.82, 2.24) is 14.8 Å². The topological polar surface area (TPSA) is 115 Å². The van der Waals surface area contributed by atoms with Crippen LogP contribution >= 0.6 is 0 Å². The fourth-order valence-electron chi connectivity index (χ4n) is 2.09. The lowest BCUT2D eigenvalue weighted by Gasteiger charge is -2.17. The lowest BCUT2D eigenvalue weighted by atomic mass is 10.2. The molecule has 9 heteroatoms. The van der Waals surface area contributed by atoms with Gasteiger partial charge in [0.05, 0.1) is 49.8 Å². The van der Waals surface area contributed by atoms with E-state index in [9.17, 15) is 9.90 Å². The quantitative estimate of drug-likeness (QED) is 0.651. The van der Waals surface area contributed by atoms with Crippen LogP contribution in [0.3, 0.4) is 0 Å². The summed E-state index contributed by atoms with van der Waals surface area (Å²) in [5.74, 6) is 0. The molecule has 1 atom stereocenters. The molecule has 132 valence electrons. The van der Waals surface area contributed by atoms with Gasteiger partial charge in [-0.05, 0) is 24.3 Å². The summed E-state index contributed by atoms with van der Waals surface area (Å²) in [4.78, 5) is 16.9. The fourth-order valence-corrected chi connectivity index (χ4v) is 2.09. The number of aliphatic hydroxyl groups excluding tert-OH is 1. The molecule has 1 unspecified atom stereocenters. The van der Waals surface area contributed by atoms with Gasteiger partial charge in [-0.1, -0.05) is 0 Å². The number of anilines is 2. The third kappa shape index (κ3) is 5.89. The zero-order valence-electron chi connectivity index (χ0n) is 14.0. The minimum atomic E-state index is -0.662. The molecule has 0 spiro atoms. The summed E-state index contributed by atoms with van der Waals surface area (Å²) in [5.41, 5.74) is 1.59. The van der Waals surface area contributed by atoms with Gasteiger partial charge >= 0.3 is 6.03 Å². The monoisotopic (exact) mass is 344 g/mol. The average molecular weight is 344 g/mol. The van der Waals surface area contributed by atoms with Crippen molar-refractivity contribution < 1.29 is 14.7 Å². The second kappa shape index (κ2) is 8.79. The van der Waals surface area contributed by atoms with Gasteiger partial charge in [0.25, 0.3) is 0 Å². The maximum absolute atomic E-state index is 12.0. The van der Waals surface area contributed by atoms with Crippen LogP contribution in [0.25, 0.3) is 0 Å². The zero-order valence-corrected chi connectivity index (χ0v) is 14.0. The first-order chi connectivity index (χ1) is 12.0. The van der Waals surface area contributed by atoms with Crippen LogP contribution in [0.2, 0.25) is 0 Å². The van der Waals surface area contributed by atoms with Crippen LogP contribution in [0.15, 0.2) is 36.7 Å². The van der Waals surface area contributed by atoms with E-state index in [1.165, 1.54) is 23.1 Å². The Bertz CT molecular complexity index is 737. The number of aliphatic hydroxyl groups is 1. The van der Waals surface area contributed by atoms with Crippen LogP contribution in [0, 0.1) is 11.3 Å². The molecule has 0 radical (unpaired) electrons. The van der Waals surface area contributed by atoms with E-state index in [-0.39, 0.29) is 6.54 Å². The van der Waals surface area contributed by atoms with E-state index in [2.05, 4.69) is 15.7 Å². The highest BCUT2D eigenvalue weighted by atomic mass is 16.7. The number of nitrogens with one attached hydrogen (secondary N) is 2. The molecule has 1 heterocycles. The predicted molar refractivity (Wildman–Crippen MR) is 91.7 cm³/mol. The van der Waals surface area contributed by atoms with Crippen molar-refractivity contribution in [3.63, 3.8) is 0 Å². The number of aromatic nitrogens is 2. The molecule has 0 saturated heterocycles. The molecule has 2 rings (SSSR count). The number of rotatable bonds is 7. The summed E-state index contributed by atoms with van der Waals surface area (Å²) in [5, 5.41) is 29.6. The van der Waals surface area contributed by atoms with Gasteiger partial charge < -0.3 is 20.6 Å². The molecule has 1 aromatic carbocycles. The molecule has 2 amide bonds. The molecule has 0 aliphatic rings. The third-order valence-corrected chi connectivity index (χ3v) is 3.34. The highest BCUT2D eigenvalue weighted by molar-refractivity contribution is 5.99. The van der Waals surface area contributed by atoms with Gasteiger partial charge in [-0.25, -0.2) is 4.79 Å². The summed E-state index contributed by atoms with van der Waals surface area (Å²) in [6.45, 7) is 0.602. The maximum atomic E-state index is 12.0. The van der Waals surface area contributed by atoms with Crippen molar-refractivity contribution in [2.24, 2.45) is 0 Å². The summed E-state index contributed by atoms with van der Waals surface area (Å²) in [6, 6.07) is 8.10. The number of carbonyl (C=O) groups is 1. The number of nitrogens with zero attached hydrogens (tertiary/aromatic N) is 4. The Kier molecular flexibility index (Phi) is 6.47. The molecule has 9 nitrogen and oxygen atoms in total. The Hall–Kier alpha value is -2.93. The van der Waals surface area contributed by atoms with E-state index in [0.717, 1.165) is 0 Å². The Labute approximate surface area is 145 Å². The first-order valence-corrected chi connectivity index (χ1v) is 7.54. The molecular weight excluding hydrogens is 324 g/mol. The van der Waals surface area contributed by atoms with Crippen LogP contribution in [-0.2, 0) is 11.4 Å². The normalized spacial score (nSPS) is 11.8. The van der Waals surface area contributed by atoms with Crippen molar-refractivity contribution in [3.05, 3.63) is 42.2 Å². The number of hydrogen-bond donors (Lipinski definition) is 3. The number of hydroxylamine groups is 2. The van der Waals surface area contributed by atoms with E-state index in [4.69, 9.17) is 10.1 Å². The smallest absolute Gasteiger partial charge is 0.323 e. The third-order valence-electron chi connectivity index (χ3n) is 3.34. The zero-order chi connectivity index (χ0) is 18.2. The summed E-state index contributed by atoms with van der Waals surface area (Å²) in [7, 11) is 3.24. The van der Waals surface area contributed by atoms with E-state index < -0.39 is 12.1 Å². The molecule has 25 heavy (non-hydrogen) atoms. The lowest BCUT2D eigenvalue weighted by molar-refractivity contribution is -0.129. The van der Waals surface area contributed by atoms with Gasteiger partial charge in [-0.3, -0.25) is 4.68 Å². The van der Waals surface area contributed by atoms with E-state index in [1.807, 2.05) is 6.07 Å². The average Bonchev–Trinajstić information content (AvgIpc) is 3.01. The van der Waals surface area contributed by atoms with Crippen molar-refractivity contribution in [3.8, 4) is 6.07 Å². The van der Waals surface area contributed by atoms with Crippen LogP contribution in [0.4, 0.5) is 16.2 Å². The van der Waals surface area contributed by atoms with Gasteiger partial charge in [-0.15, -0.1) is 0 Å². The molecule has 0 saturated carbocycles. The number of hydrogen-bond acceptors (Lipinski definition) is 6. The van der Waals surface area contributed by atoms with Crippen LogP contribution in [0.5, 0.6) is 0 Å². The highest BCUT2D eigenvalue weighted by Crippen LogP contribution is 2.11. The van der Waals surface area contributed by atoms with Crippen molar-refractivity contribution in [1.29, 1.82) is 5.26 Å². The first-order valence-electron chi connectivity index (χ1n) is 7.54. The lowest BCUT2D eigenvalue weighted by Crippen LogP contribution is -2.31. The summed E-state index contributed by atoms with van der Waals surface area (Å²) >= 11 is 0. The maximum Gasteiger partial charge on any atom is 0.323 e. The minimum Gasteiger partial charge on any atom is -0.390 e. The summed E-state index contributed by atoms with van der Waals surface area (Å²) in [6.07, 6.45) is 2.45. The van der Waals surface area contributed by atoms with E-state index >= 15 is 0 Å². The van der Waals surface area contributed by atoms with Crippen molar-refractivity contribution in [2.45, 2.75) is 12.6 Å². The standard InChI is InChI=1S/C16H20N6O3/c1-21(25-2)10-15(23)11-22-9-14(8-18-22)20-16(24)19-13-5-3-12(7-17)4-6-13/h3-6,8-9,15,23H,10-11H2,1-2H3,(H2,19,20,24). The van der Waals surface area contributed by atoms with Gasteiger partial charge in [0.2, 0.25) is 0 Å². The molecule has 3 N–H and O–H groups in total. The molecule has 0 bridgehead atoms. The van der Waals surface area contributed by atoms with Gasteiger partial charge in [0, 0.05) is 18.9 Å². The number of urea groups is 1. The molecule has 1 aromatic heterocycles. The second-order valence-electron chi connectivity index (χ2n) is 5.37. The first kappa shape index (κ1) is 18.4. The van der Waals surface area contributed by atoms with Crippen LogP contribution in [-0.4, -0.2) is 52.8 Å². The molecular formula is C16H20N6O3. The molecule has 0 fully saturated rings. The van der Waals surface area contributed by atoms with Crippen LogP contribution < -0.4 is 10.6 Å². The molecule has 0 aliphatic heterocycles. The Balaban J connectivity index is 1.85. The van der Waals surface area contributed by atoms with E-state index in [1.54, 1.807) is 37.5 Å². The number of likely N-dealkylation sites (N-methyl/N-ethyl adjacent to an activating group) is 1. The Morgan fingerprint density at radius 3 is 2.72 bits per heavy atom. The van der Waals surface area contributed by atoms with Crippen LogP contribution in [0.1, 0.15) is 5.56 Å². The fraction of sp³-hybridized carbons (Fsp3) is 0.312. The molecule has 2 aromatic rings. The number of benzene rings is 1. The van der Waals surface area contributed by atoms with Gasteiger partial charge in [0.1, 0.15) is 0 Å². The molecule has 0 aliphatic carbocycles. The Morgan fingerprint density at radius 1 is 1.40 bits per heavy atom. The number of carbonyl (C=O) groups excluding carboxylic acids is 1. The van der Waals surface area contributed by atoms with Crippen molar-refractivity contribution >= 4 is 17.4 Å². The van der Waals surface area contributed by atoms with Gasteiger partial charge in [0.15, 0.2) is 0 Å². The minimum absolute atomic E-state index is 0.270. The largest absolute Gasteiger partial charge is 0.390 e.